The molecule has 1 aliphatic heterocycles. The monoisotopic (exact) mass is 404 g/mol. The van der Waals surface area contributed by atoms with Crippen LogP contribution in [0.25, 0.3) is 0 Å². The number of thiophene rings is 1. The number of rotatable bonds is 4. The van der Waals surface area contributed by atoms with E-state index in [1.807, 2.05) is 23.1 Å². The van der Waals surface area contributed by atoms with Crippen molar-refractivity contribution >= 4 is 27.3 Å². The molecule has 0 saturated carbocycles. The molecule has 1 fully saturated rings. The molecule has 1 saturated heterocycles. The molecule has 2 aromatic rings. The second kappa shape index (κ2) is 7.73. The second-order valence-corrected chi connectivity index (χ2v) is 10.1. The Hall–Kier alpha value is -1.70. The van der Waals surface area contributed by atoms with Gasteiger partial charge in [0.25, 0.3) is 15.9 Å². The van der Waals surface area contributed by atoms with Gasteiger partial charge < -0.3 is 4.90 Å². The van der Waals surface area contributed by atoms with Crippen LogP contribution in [0.15, 0.2) is 39.9 Å². The average molecular weight is 405 g/mol. The highest BCUT2D eigenvalue weighted by Gasteiger charge is 2.28. The number of carbonyl (C=O) groups excluding carboxylic acids is 1. The van der Waals surface area contributed by atoms with E-state index in [9.17, 15) is 13.2 Å². The number of hydrogen-bond acceptors (Lipinski definition) is 4. The number of fused-ring (bicyclic) bond motifs is 1. The van der Waals surface area contributed by atoms with Crippen molar-refractivity contribution in [1.82, 2.24) is 9.62 Å². The number of piperidine rings is 1. The largest absolute Gasteiger partial charge is 0.339 e. The zero-order valence-electron chi connectivity index (χ0n) is 15.2. The molecule has 2 aliphatic rings. The fourth-order valence-corrected chi connectivity index (χ4v) is 6.39. The van der Waals surface area contributed by atoms with Gasteiger partial charge in [0.2, 0.25) is 0 Å². The lowest BCUT2D eigenvalue weighted by molar-refractivity contribution is 0.0725. The Bertz CT molecular complexity index is 930. The number of carbonyl (C=O) groups is 1. The van der Waals surface area contributed by atoms with Crippen molar-refractivity contribution in [3.8, 4) is 0 Å². The predicted molar refractivity (Wildman–Crippen MR) is 107 cm³/mol. The van der Waals surface area contributed by atoms with E-state index >= 15 is 0 Å². The van der Waals surface area contributed by atoms with Gasteiger partial charge in [-0.05, 0) is 55.7 Å². The molecule has 1 aromatic heterocycles. The maximum atomic E-state index is 12.9. The number of aryl methyl sites for hydroxylation is 1. The van der Waals surface area contributed by atoms with E-state index in [0.29, 0.717) is 5.56 Å². The number of sulfonamides is 1. The standard InChI is InChI=1S/C20H24N2O3S2/c23-20(22-11-4-1-5-12-22)16-13-19(26-14-16)27(24,25)21-18-10-6-8-15-7-2-3-9-17(15)18/h2-3,7,9,13-14,18,21H,1,4-6,8,10-12H2. The minimum atomic E-state index is -3.65. The van der Waals surface area contributed by atoms with Crippen molar-refractivity contribution in [2.75, 3.05) is 13.1 Å². The van der Waals surface area contributed by atoms with E-state index in [4.69, 9.17) is 0 Å². The van der Waals surface area contributed by atoms with Crippen LogP contribution in [-0.2, 0) is 16.4 Å². The Kier molecular flexibility index (Phi) is 5.34. The molecule has 1 amide bonds. The smallest absolute Gasteiger partial charge is 0.254 e. The molecule has 1 N–H and O–H groups in total. The molecule has 2 heterocycles. The summed E-state index contributed by atoms with van der Waals surface area (Å²) >= 11 is 1.12. The summed E-state index contributed by atoms with van der Waals surface area (Å²) in [4.78, 5) is 14.4. The third-order valence-corrected chi connectivity index (χ3v) is 8.31. The summed E-state index contributed by atoms with van der Waals surface area (Å²) < 4.78 is 28.9. The fourth-order valence-electron chi connectivity index (χ4n) is 3.97. The summed E-state index contributed by atoms with van der Waals surface area (Å²) in [7, 11) is -3.65. The first-order valence-electron chi connectivity index (χ1n) is 9.52. The van der Waals surface area contributed by atoms with Gasteiger partial charge in [0.15, 0.2) is 0 Å². The number of nitrogens with zero attached hydrogens (tertiary/aromatic N) is 1. The Morgan fingerprint density at radius 2 is 1.89 bits per heavy atom. The fraction of sp³-hybridized carbons (Fsp3) is 0.450. The lowest BCUT2D eigenvalue weighted by Crippen LogP contribution is -2.35. The Balaban J connectivity index is 1.52. The second-order valence-electron chi connectivity index (χ2n) is 7.27. The third kappa shape index (κ3) is 3.95. The van der Waals surface area contributed by atoms with Crippen molar-refractivity contribution in [3.63, 3.8) is 0 Å². The topological polar surface area (TPSA) is 66.5 Å². The van der Waals surface area contributed by atoms with Crippen LogP contribution in [0.5, 0.6) is 0 Å². The van der Waals surface area contributed by atoms with E-state index in [-0.39, 0.29) is 16.2 Å². The molecule has 1 aliphatic carbocycles. The van der Waals surface area contributed by atoms with Gasteiger partial charge in [0, 0.05) is 24.5 Å². The van der Waals surface area contributed by atoms with Gasteiger partial charge in [-0.3, -0.25) is 4.79 Å². The van der Waals surface area contributed by atoms with E-state index in [1.165, 1.54) is 11.6 Å². The van der Waals surface area contributed by atoms with Gasteiger partial charge in [-0.1, -0.05) is 24.3 Å². The summed E-state index contributed by atoms with van der Waals surface area (Å²) in [6, 6.07) is 9.33. The normalized spacial score (nSPS) is 20.3. The predicted octanol–water partition coefficient (Wildman–Crippen LogP) is 3.73. The summed E-state index contributed by atoms with van der Waals surface area (Å²) in [6.07, 6.45) is 5.93. The molecule has 7 heteroatoms. The first kappa shape index (κ1) is 18.7. The molecule has 1 aromatic carbocycles. The van der Waals surface area contributed by atoms with Crippen LogP contribution in [0.1, 0.15) is 59.6 Å². The Morgan fingerprint density at radius 3 is 2.70 bits per heavy atom. The van der Waals surface area contributed by atoms with Crippen molar-refractivity contribution in [1.29, 1.82) is 0 Å². The zero-order valence-corrected chi connectivity index (χ0v) is 16.8. The van der Waals surface area contributed by atoms with Gasteiger partial charge in [-0.25, -0.2) is 13.1 Å². The Labute approximate surface area is 164 Å². The Morgan fingerprint density at radius 1 is 1.11 bits per heavy atom. The average Bonchev–Trinajstić information content (AvgIpc) is 3.19. The molecule has 27 heavy (non-hydrogen) atoms. The molecular weight excluding hydrogens is 380 g/mol. The van der Waals surface area contributed by atoms with Crippen molar-refractivity contribution in [2.24, 2.45) is 0 Å². The summed E-state index contributed by atoms with van der Waals surface area (Å²) in [5.74, 6) is -0.0598. The highest BCUT2D eigenvalue weighted by Crippen LogP contribution is 2.32. The van der Waals surface area contributed by atoms with Crippen LogP contribution in [0.2, 0.25) is 0 Å². The van der Waals surface area contributed by atoms with Gasteiger partial charge >= 0.3 is 0 Å². The van der Waals surface area contributed by atoms with Crippen LogP contribution in [0, 0.1) is 0 Å². The van der Waals surface area contributed by atoms with Crippen LogP contribution >= 0.6 is 11.3 Å². The van der Waals surface area contributed by atoms with E-state index in [1.54, 1.807) is 5.38 Å². The number of amides is 1. The molecule has 1 unspecified atom stereocenters. The minimum absolute atomic E-state index is 0.0598. The molecule has 0 radical (unpaired) electrons. The molecule has 144 valence electrons. The maximum absolute atomic E-state index is 12.9. The summed E-state index contributed by atoms with van der Waals surface area (Å²) in [5, 5.41) is 1.67. The van der Waals surface area contributed by atoms with Crippen LogP contribution in [0.3, 0.4) is 0 Å². The third-order valence-electron chi connectivity index (χ3n) is 5.40. The lowest BCUT2D eigenvalue weighted by atomic mass is 9.88. The van der Waals surface area contributed by atoms with Crippen LogP contribution < -0.4 is 4.72 Å². The molecule has 0 bridgehead atoms. The quantitative estimate of drug-likeness (QED) is 0.844. The number of nitrogens with one attached hydrogen (secondary N) is 1. The van der Waals surface area contributed by atoms with Crippen molar-refractivity contribution < 1.29 is 13.2 Å². The molecular formula is C20H24N2O3S2. The van der Waals surface area contributed by atoms with Crippen LogP contribution in [-0.4, -0.2) is 32.3 Å². The van der Waals surface area contributed by atoms with E-state index < -0.39 is 10.0 Å². The summed E-state index contributed by atoms with van der Waals surface area (Å²) in [5.41, 5.74) is 2.75. The number of likely N-dealkylation sites (tertiary alicyclic amines) is 1. The summed E-state index contributed by atoms with van der Waals surface area (Å²) in [6.45, 7) is 1.52. The van der Waals surface area contributed by atoms with Crippen molar-refractivity contribution in [2.45, 2.75) is 48.8 Å². The zero-order chi connectivity index (χ0) is 18.9. The first-order chi connectivity index (χ1) is 13.0. The highest BCUT2D eigenvalue weighted by molar-refractivity contribution is 7.91. The molecule has 4 rings (SSSR count). The minimum Gasteiger partial charge on any atom is -0.339 e. The van der Waals surface area contributed by atoms with E-state index in [0.717, 1.165) is 68.5 Å². The number of hydrogen-bond donors (Lipinski definition) is 1. The SMILES string of the molecule is O=C(c1csc(S(=O)(=O)NC2CCCc3ccccc32)c1)N1CCCCC1. The number of benzene rings is 1. The highest BCUT2D eigenvalue weighted by atomic mass is 32.2. The van der Waals surface area contributed by atoms with E-state index in [2.05, 4.69) is 10.8 Å². The van der Waals surface area contributed by atoms with Gasteiger partial charge in [0.1, 0.15) is 4.21 Å². The van der Waals surface area contributed by atoms with Crippen molar-refractivity contribution in [3.05, 3.63) is 52.4 Å². The molecule has 1 atom stereocenters. The first-order valence-corrected chi connectivity index (χ1v) is 11.9. The lowest BCUT2D eigenvalue weighted by Gasteiger charge is -2.26. The maximum Gasteiger partial charge on any atom is 0.254 e. The van der Waals surface area contributed by atoms with Gasteiger partial charge in [-0.2, -0.15) is 0 Å². The molecule has 0 spiro atoms. The van der Waals surface area contributed by atoms with Gasteiger partial charge in [0.05, 0.1) is 5.56 Å². The molecule has 5 nitrogen and oxygen atoms in total. The van der Waals surface area contributed by atoms with Crippen LogP contribution in [0.4, 0.5) is 0 Å². The van der Waals surface area contributed by atoms with Gasteiger partial charge in [-0.15, -0.1) is 11.3 Å².